The molecule has 0 aliphatic carbocycles. The van der Waals surface area contributed by atoms with E-state index in [0.29, 0.717) is 24.0 Å². The number of nitrogens with zero attached hydrogens (tertiary/aromatic N) is 2. The van der Waals surface area contributed by atoms with Gasteiger partial charge in [-0.2, -0.15) is 5.10 Å². The normalized spacial score (nSPS) is 10.4. The largest absolute Gasteiger partial charge is 0.493 e. The maximum absolute atomic E-state index is 5.92. The van der Waals surface area contributed by atoms with Gasteiger partial charge in [0.1, 0.15) is 0 Å². The quantitative estimate of drug-likeness (QED) is 0.524. The van der Waals surface area contributed by atoms with Gasteiger partial charge in [0.05, 0.1) is 20.8 Å². The highest BCUT2D eigenvalue weighted by Gasteiger charge is 2.06. The molecule has 1 heterocycles. The van der Waals surface area contributed by atoms with Crippen LogP contribution in [0, 0.1) is 0 Å². The first-order valence-corrected chi connectivity index (χ1v) is 9.89. The molecule has 3 aromatic rings. The zero-order valence-corrected chi connectivity index (χ0v) is 17.9. The molecule has 3 rings (SSSR count). The first-order valence-electron chi connectivity index (χ1n) is 9.11. The second kappa shape index (κ2) is 10.1. The van der Waals surface area contributed by atoms with Crippen molar-refractivity contribution in [1.82, 2.24) is 15.1 Å². The summed E-state index contributed by atoms with van der Waals surface area (Å²) in [6.07, 6.45) is 2.70. The van der Waals surface area contributed by atoms with Crippen molar-refractivity contribution >= 4 is 34.7 Å². The van der Waals surface area contributed by atoms with Gasteiger partial charge >= 0.3 is 0 Å². The van der Waals surface area contributed by atoms with E-state index >= 15 is 0 Å². The van der Waals surface area contributed by atoms with E-state index < -0.39 is 0 Å². The average Bonchev–Trinajstić information content (AvgIpc) is 3.16. The lowest BCUT2D eigenvalue weighted by Crippen LogP contribution is -2.30. The minimum atomic E-state index is 0.530. The second-order valence-corrected chi connectivity index (χ2v) is 7.19. The molecule has 0 aliphatic rings. The summed E-state index contributed by atoms with van der Waals surface area (Å²) in [7, 11) is 3.25. The van der Waals surface area contributed by atoms with Crippen LogP contribution in [-0.4, -0.2) is 35.7 Å². The molecule has 0 atom stereocenters. The van der Waals surface area contributed by atoms with Crippen molar-refractivity contribution in [3.05, 3.63) is 70.9 Å². The summed E-state index contributed by atoms with van der Waals surface area (Å²) < 4.78 is 12.4. The predicted molar refractivity (Wildman–Crippen MR) is 120 cm³/mol. The third-order valence-electron chi connectivity index (χ3n) is 4.29. The van der Waals surface area contributed by atoms with Crippen LogP contribution >= 0.6 is 23.8 Å². The Morgan fingerprint density at radius 3 is 2.48 bits per heavy atom. The molecule has 0 aliphatic heterocycles. The van der Waals surface area contributed by atoms with Gasteiger partial charge in [0.15, 0.2) is 22.4 Å². The number of halogens is 1. The van der Waals surface area contributed by atoms with Crippen molar-refractivity contribution in [3.8, 4) is 11.5 Å². The van der Waals surface area contributed by atoms with Gasteiger partial charge in [-0.05, 0) is 54.0 Å². The number of ether oxygens (including phenoxy) is 2. The molecule has 2 aromatic carbocycles. The van der Waals surface area contributed by atoms with Gasteiger partial charge in [0.25, 0.3) is 0 Å². The van der Waals surface area contributed by atoms with E-state index in [4.69, 9.17) is 33.3 Å². The Hall–Kier alpha value is -2.77. The van der Waals surface area contributed by atoms with Crippen molar-refractivity contribution in [1.29, 1.82) is 0 Å². The Morgan fingerprint density at radius 2 is 1.76 bits per heavy atom. The van der Waals surface area contributed by atoms with Crippen molar-refractivity contribution < 1.29 is 9.47 Å². The Labute approximate surface area is 180 Å². The molecule has 0 unspecified atom stereocenters. The topological polar surface area (TPSA) is 60.3 Å². The van der Waals surface area contributed by atoms with E-state index in [1.165, 1.54) is 0 Å². The fourth-order valence-corrected chi connectivity index (χ4v) is 3.14. The van der Waals surface area contributed by atoms with Crippen LogP contribution in [0.4, 0.5) is 5.82 Å². The van der Waals surface area contributed by atoms with E-state index in [-0.39, 0.29) is 0 Å². The smallest absolute Gasteiger partial charge is 0.172 e. The minimum Gasteiger partial charge on any atom is -0.493 e. The van der Waals surface area contributed by atoms with Gasteiger partial charge in [-0.3, -0.25) is 4.68 Å². The van der Waals surface area contributed by atoms with E-state index in [1.54, 1.807) is 14.2 Å². The molecule has 1 aromatic heterocycles. The Balaban J connectivity index is 1.46. The molecule has 29 heavy (non-hydrogen) atoms. The highest BCUT2D eigenvalue weighted by atomic mass is 35.5. The highest BCUT2D eigenvalue weighted by molar-refractivity contribution is 7.80. The van der Waals surface area contributed by atoms with Gasteiger partial charge in [-0.15, -0.1) is 0 Å². The van der Waals surface area contributed by atoms with Crippen LogP contribution in [0.5, 0.6) is 11.5 Å². The van der Waals surface area contributed by atoms with Crippen LogP contribution in [0.25, 0.3) is 0 Å². The molecule has 0 bridgehead atoms. The number of nitrogens with one attached hydrogen (secondary N) is 2. The number of rotatable bonds is 8. The van der Waals surface area contributed by atoms with Crippen LogP contribution in [0.15, 0.2) is 54.7 Å². The lowest BCUT2D eigenvalue weighted by Gasteiger charge is -2.11. The standard InChI is InChI=1S/C21H23ClN4O2S/c1-27-18-8-5-15(13-19(18)28-2)9-11-23-21(29)24-20-10-12-26(25-20)14-16-3-6-17(22)7-4-16/h3-8,10,12-13H,9,11,14H2,1-2H3,(H2,23,24,25,29). The molecule has 0 saturated carbocycles. The summed E-state index contributed by atoms with van der Waals surface area (Å²) >= 11 is 11.3. The lowest BCUT2D eigenvalue weighted by atomic mass is 10.1. The van der Waals surface area contributed by atoms with Gasteiger partial charge in [-0.1, -0.05) is 29.8 Å². The third-order valence-corrected chi connectivity index (χ3v) is 4.79. The van der Waals surface area contributed by atoms with Crippen LogP contribution in [0.2, 0.25) is 5.02 Å². The number of anilines is 1. The number of methoxy groups -OCH3 is 2. The highest BCUT2D eigenvalue weighted by Crippen LogP contribution is 2.27. The maximum Gasteiger partial charge on any atom is 0.172 e. The zero-order valence-electron chi connectivity index (χ0n) is 16.3. The molecule has 6 nitrogen and oxygen atoms in total. The van der Waals surface area contributed by atoms with Gasteiger partial charge in [0.2, 0.25) is 0 Å². The van der Waals surface area contributed by atoms with Crippen LogP contribution in [-0.2, 0) is 13.0 Å². The lowest BCUT2D eigenvalue weighted by molar-refractivity contribution is 0.354. The number of hydrogen-bond donors (Lipinski definition) is 2. The van der Waals surface area contributed by atoms with Crippen LogP contribution in [0.3, 0.4) is 0 Å². The molecule has 0 radical (unpaired) electrons. The molecular formula is C21H23ClN4O2S. The Bertz CT molecular complexity index is 960. The molecule has 8 heteroatoms. The molecule has 2 N–H and O–H groups in total. The summed E-state index contributed by atoms with van der Waals surface area (Å²) in [5.41, 5.74) is 2.25. The third kappa shape index (κ3) is 6.10. The molecule has 152 valence electrons. The number of benzene rings is 2. The van der Waals surface area contributed by atoms with E-state index in [1.807, 2.05) is 59.4 Å². The summed E-state index contributed by atoms with van der Waals surface area (Å²) in [6, 6.07) is 15.5. The summed E-state index contributed by atoms with van der Waals surface area (Å²) in [5, 5.41) is 12.0. The maximum atomic E-state index is 5.92. The summed E-state index contributed by atoms with van der Waals surface area (Å²) in [5.74, 6) is 2.13. The fourth-order valence-electron chi connectivity index (χ4n) is 2.81. The first kappa shape index (κ1) is 21.0. The first-order chi connectivity index (χ1) is 14.1. The average molecular weight is 431 g/mol. The van der Waals surface area contributed by atoms with Crippen LogP contribution in [0.1, 0.15) is 11.1 Å². The second-order valence-electron chi connectivity index (χ2n) is 6.35. The van der Waals surface area contributed by atoms with Crippen LogP contribution < -0.4 is 20.1 Å². The Kier molecular flexibility index (Phi) is 7.32. The molecular weight excluding hydrogens is 408 g/mol. The van der Waals surface area contributed by atoms with Crippen molar-refractivity contribution in [3.63, 3.8) is 0 Å². The zero-order chi connectivity index (χ0) is 20.6. The van der Waals surface area contributed by atoms with Gasteiger partial charge in [-0.25, -0.2) is 0 Å². The van der Waals surface area contributed by atoms with E-state index in [2.05, 4.69) is 15.7 Å². The van der Waals surface area contributed by atoms with Gasteiger partial charge in [0, 0.05) is 23.8 Å². The number of aromatic nitrogens is 2. The number of hydrogen-bond acceptors (Lipinski definition) is 4. The summed E-state index contributed by atoms with van der Waals surface area (Å²) in [4.78, 5) is 0. The van der Waals surface area contributed by atoms with E-state index in [0.717, 1.165) is 34.1 Å². The van der Waals surface area contributed by atoms with Gasteiger partial charge < -0.3 is 20.1 Å². The predicted octanol–water partition coefficient (Wildman–Crippen LogP) is 4.13. The monoisotopic (exact) mass is 430 g/mol. The molecule has 0 saturated heterocycles. The summed E-state index contributed by atoms with van der Waals surface area (Å²) in [6.45, 7) is 1.35. The fraction of sp³-hybridized carbons (Fsp3) is 0.238. The molecule has 0 amide bonds. The van der Waals surface area contributed by atoms with E-state index in [9.17, 15) is 0 Å². The number of thiocarbonyl (C=S) groups is 1. The van der Waals surface area contributed by atoms with Crippen molar-refractivity contribution in [2.45, 2.75) is 13.0 Å². The van der Waals surface area contributed by atoms with Crippen molar-refractivity contribution in [2.75, 3.05) is 26.1 Å². The SMILES string of the molecule is COc1ccc(CCNC(=S)Nc2ccn(Cc3ccc(Cl)cc3)n2)cc1OC. The minimum absolute atomic E-state index is 0.530. The Morgan fingerprint density at radius 1 is 1.03 bits per heavy atom. The molecule has 0 spiro atoms. The molecule has 0 fully saturated rings. The van der Waals surface area contributed by atoms with Crippen molar-refractivity contribution in [2.24, 2.45) is 0 Å².